The fraction of sp³-hybridized carbons (Fsp3) is 0.938. The molecule has 1 saturated carbocycles. The molecule has 20 heavy (non-hydrogen) atoms. The first-order chi connectivity index (χ1) is 9.08. The number of nitrogens with one attached hydrogen (secondary N) is 1. The first kappa shape index (κ1) is 17.4. The van der Waals surface area contributed by atoms with Crippen molar-refractivity contribution in [2.45, 2.75) is 65.0 Å². The Morgan fingerprint density at radius 2 is 2.05 bits per heavy atom. The van der Waals surface area contributed by atoms with Crippen LogP contribution in [0.4, 0.5) is 0 Å². The second kappa shape index (κ2) is 6.44. The average molecular weight is 283 g/mol. The Labute approximate surface area is 124 Å². The summed E-state index contributed by atoms with van der Waals surface area (Å²) in [6.45, 7) is 9.01. The van der Waals surface area contributed by atoms with E-state index in [1.165, 1.54) is 12.8 Å². The summed E-state index contributed by atoms with van der Waals surface area (Å²) in [6, 6.07) is -0.456. The number of carbonyl (C=O) groups is 1. The van der Waals surface area contributed by atoms with Gasteiger partial charge in [-0.05, 0) is 38.3 Å². The van der Waals surface area contributed by atoms with Crippen LogP contribution in [0.15, 0.2) is 0 Å². The van der Waals surface area contributed by atoms with Crippen molar-refractivity contribution in [1.82, 2.24) is 10.2 Å². The maximum atomic E-state index is 12.2. The zero-order valence-corrected chi connectivity index (χ0v) is 14.1. The van der Waals surface area contributed by atoms with E-state index in [2.05, 4.69) is 31.2 Å². The zero-order chi connectivity index (χ0) is 15.6. The van der Waals surface area contributed by atoms with Crippen molar-refractivity contribution < 1.29 is 4.79 Å². The number of rotatable bonds is 4. The third-order valence-corrected chi connectivity index (χ3v) is 4.82. The second-order valence-electron chi connectivity index (χ2n) is 7.88. The van der Waals surface area contributed by atoms with Gasteiger partial charge in [0, 0.05) is 12.1 Å². The molecule has 0 heterocycles. The summed E-state index contributed by atoms with van der Waals surface area (Å²) in [4.78, 5) is 14.5. The number of nitrogens with two attached hydrogens (primary N) is 1. The first-order valence-electron chi connectivity index (χ1n) is 7.79. The van der Waals surface area contributed by atoms with Crippen LogP contribution in [0.3, 0.4) is 0 Å². The Balaban J connectivity index is 2.67. The van der Waals surface area contributed by atoms with Crippen LogP contribution in [0.1, 0.15) is 53.4 Å². The van der Waals surface area contributed by atoms with E-state index >= 15 is 0 Å². The normalized spacial score (nSPS) is 29.3. The Morgan fingerprint density at radius 1 is 1.45 bits per heavy atom. The number of amides is 1. The largest absolute Gasteiger partial charge is 0.353 e. The third-order valence-electron chi connectivity index (χ3n) is 4.82. The van der Waals surface area contributed by atoms with E-state index < -0.39 is 6.04 Å². The van der Waals surface area contributed by atoms with Crippen LogP contribution in [-0.2, 0) is 4.79 Å². The Morgan fingerprint density at radius 3 is 2.50 bits per heavy atom. The Hall–Kier alpha value is -0.610. The van der Waals surface area contributed by atoms with Crippen molar-refractivity contribution in [2.75, 3.05) is 20.6 Å². The lowest BCUT2D eigenvalue weighted by Crippen LogP contribution is -2.58. The molecule has 0 saturated heterocycles. The van der Waals surface area contributed by atoms with Crippen molar-refractivity contribution in [3.63, 3.8) is 0 Å². The topological polar surface area (TPSA) is 58.4 Å². The number of nitrogens with zero attached hydrogens (tertiary/aromatic N) is 1. The van der Waals surface area contributed by atoms with Crippen LogP contribution < -0.4 is 11.1 Å². The fourth-order valence-electron chi connectivity index (χ4n) is 3.11. The van der Waals surface area contributed by atoms with Gasteiger partial charge >= 0.3 is 0 Å². The van der Waals surface area contributed by atoms with E-state index in [0.717, 1.165) is 18.8 Å². The summed E-state index contributed by atoms with van der Waals surface area (Å²) >= 11 is 0. The maximum Gasteiger partial charge on any atom is 0.237 e. The van der Waals surface area contributed by atoms with Crippen LogP contribution >= 0.6 is 0 Å². The second-order valence-corrected chi connectivity index (χ2v) is 7.88. The lowest BCUT2D eigenvalue weighted by Gasteiger charge is -2.45. The highest BCUT2D eigenvalue weighted by Gasteiger charge is 2.38. The van der Waals surface area contributed by atoms with Gasteiger partial charge < -0.3 is 16.0 Å². The monoisotopic (exact) mass is 283 g/mol. The predicted molar refractivity (Wildman–Crippen MR) is 84.5 cm³/mol. The molecule has 1 rings (SSSR count). The number of carbonyl (C=O) groups excluding carboxylic acids is 1. The van der Waals surface area contributed by atoms with Crippen LogP contribution in [0, 0.1) is 11.3 Å². The molecule has 1 amide bonds. The summed E-state index contributed by atoms with van der Waals surface area (Å²) in [6.07, 6.45) is 4.83. The highest BCUT2D eigenvalue weighted by Crippen LogP contribution is 2.35. The number of likely N-dealkylation sites (N-methyl/N-ethyl adjacent to an activating group) is 1. The molecule has 0 radical (unpaired) electrons. The average Bonchev–Trinajstić information content (AvgIpc) is 2.33. The molecular formula is C16H33N3O. The summed E-state index contributed by atoms with van der Waals surface area (Å²) in [5, 5.41) is 3.10. The van der Waals surface area contributed by atoms with Crippen molar-refractivity contribution >= 4 is 5.91 Å². The Kier molecular flexibility index (Phi) is 5.61. The van der Waals surface area contributed by atoms with Crippen LogP contribution in [0.5, 0.6) is 0 Å². The molecule has 3 N–H and O–H groups in total. The zero-order valence-electron chi connectivity index (χ0n) is 14.1. The van der Waals surface area contributed by atoms with Gasteiger partial charge in [-0.1, -0.05) is 40.5 Å². The standard InChI is InChI=1S/C16H33N3O/c1-12-8-7-9-16(10-12,19(5)6)11-18-14(20)13(17)15(2,3)4/h12-13H,7-11,17H2,1-6H3,(H,18,20)/t12?,13-,16?/m1/s1. The maximum absolute atomic E-state index is 12.2. The molecule has 1 fully saturated rings. The summed E-state index contributed by atoms with van der Waals surface area (Å²) in [5.41, 5.74) is 5.92. The van der Waals surface area contributed by atoms with Gasteiger partial charge in [-0.2, -0.15) is 0 Å². The van der Waals surface area contributed by atoms with Crippen LogP contribution in [-0.4, -0.2) is 43.0 Å². The van der Waals surface area contributed by atoms with Crippen LogP contribution in [0.25, 0.3) is 0 Å². The molecule has 0 aromatic carbocycles. The highest BCUT2D eigenvalue weighted by atomic mass is 16.2. The third kappa shape index (κ3) is 4.19. The molecule has 3 atom stereocenters. The van der Waals surface area contributed by atoms with Gasteiger partial charge in [-0.3, -0.25) is 4.79 Å². The fourth-order valence-corrected chi connectivity index (χ4v) is 3.11. The molecule has 118 valence electrons. The molecule has 0 aliphatic heterocycles. The van der Waals surface area contributed by atoms with E-state index in [0.29, 0.717) is 6.54 Å². The smallest absolute Gasteiger partial charge is 0.237 e. The predicted octanol–water partition coefficient (Wildman–Crippen LogP) is 1.99. The first-order valence-corrected chi connectivity index (χ1v) is 7.79. The van der Waals surface area contributed by atoms with E-state index in [-0.39, 0.29) is 16.9 Å². The van der Waals surface area contributed by atoms with E-state index in [9.17, 15) is 4.79 Å². The van der Waals surface area contributed by atoms with Crippen molar-refractivity contribution in [2.24, 2.45) is 17.1 Å². The van der Waals surface area contributed by atoms with Gasteiger partial charge in [0.15, 0.2) is 0 Å². The summed E-state index contributed by atoms with van der Waals surface area (Å²) in [5.74, 6) is 0.691. The molecule has 0 aromatic heterocycles. The SMILES string of the molecule is CC1CCCC(CNC(=O)[C@@H](N)C(C)(C)C)(N(C)C)C1. The lowest BCUT2D eigenvalue weighted by atomic mass is 9.75. The van der Waals surface area contributed by atoms with Crippen molar-refractivity contribution in [1.29, 1.82) is 0 Å². The molecule has 0 bridgehead atoms. The minimum absolute atomic E-state index is 0.0306. The molecule has 0 aromatic rings. The van der Waals surface area contributed by atoms with Gasteiger partial charge in [-0.25, -0.2) is 0 Å². The minimum Gasteiger partial charge on any atom is -0.353 e. The molecule has 2 unspecified atom stereocenters. The molecule has 0 spiro atoms. The van der Waals surface area contributed by atoms with E-state index in [1.807, 2.05) is 20.8 Å². The summed E-state index contributed by atoms with van der Waals surface area (Å²) < 4.78 is 0. The quantitative estimate of drug-likeness (QED) is 0.829. The molecular weight excluding hydrogens is 250 g/mol. The molecule has 1 aliphatic carbocycles. The van der Waals surface area contributed by atoms with E-state index in [1.54, 1.807) is 0 Å². The highest BCUT2D eigenvalue weighted by molar-refractivity contribution is 5.82. The van der Waals surface area contributed by atoms with Gasteiger partial charge in [0.2, 0.25) is 5.91 Å². The van der Waals surface area contributed by atoms with Gasteiger partial charge in [0.05, 0.1) is 6.04 Å². The number of hydrogen-bond acceptors (Lipinski definition) is 3. The van der Waals surface area contributed by atoms with Crippen LogP contribution in [0.2, 0.25) is 0 Å². The summed E-state index contributed by atoms with van der Waals surface area (Å²) in [7, 11) is 4.24. The number of hydrogen-bond donors (Lipinski definition) is 2. The van der Waals surface area contributed by atoms with Gasteiger partial charge in [-0.15, -0.1) is 0 Å². The minimum atomic E-state index is -0.456. The van der Waals surface area contributed by atoms with Gasteiger partial charge in [0.1, 0.15) is 0 Å². The molecule has 4 nitrogen and oxygen atoms in total. The molecule has 1 aliphatic rings. The van der Waals surface area contributed by atoms with Gasteiger partial charge in [0.25, 0.3) is 0 Å². The Bertz CT molecular complexity index is 335. The van der Waals surface area contributed by atoms with Crippen molar-refractivity contribution in [3.8, 4) is 0 Å². The molecule has 4 heteroatoms. The van der Waals surface area contributed by atoms with Crippen molar-refractivity contribution in [3.05, 3.63) is 0 Å². The van der Waals surface area contributed by atoms with E-state index in [4.69, 9.17) is 5.73 Å². The lowest BCUT2D eigenvalue weighted by molar-refractivity contribution is -0.125.